The van der Waals surface area contributed by atoms with Gasteiger partial charge >= 0.3 is 0 Å². The number of rotatable bonds is 0. The number of nitriles is 2. The third-order valence-corrected chi connectivity index (χ3v) is 7.44. The van der Waals surface area contributed by atoms with E-state index in [0.717, 1.165) is 5.92 Å². The normalized spacial score (nSPS) is 54.0. The fourth-order valence-electron chi connectivity index (χ4n) is 6.41. The van der Waals surface area contributed by atoms with E-state index >= 15 is 0 Å². The first-order valence-corrected chi connectivity index (χ1v) is 8.33. The third-order valence-electron chi connectivity index (χ3n) is 7.44. The zero-order valence-electron chi connectivity index (χ0n) is 13.2. The molecule has 21 heavy (non-hydrogen) atoms. The predicted molar refractivity (Wildman–Crippen MR) is 77.8 cm³/mol. The Morgan fingerprint density at radius 1 is 1.00 bits per heavy atom. The van der Waals surface area contributed by atoms with Crippen LogP contribution in [-0.2, 0) is 4.74 Å². The molecule has 1 heterocycles. The zero-order chi connectivity index (χ0) is 15.0. The summed E-state index contributed by atoms with van der Waals surface area (Å²) in [6.45, 7) is 7.15. The molecule has 5 rings (SSSR count). The summed E-state index contributed by atoms with van der Waals surface area (Å²) >= 11 is 0. The lowest BCUT2D eigenvalue weighted by Crippen LogP contribution is -2.74. The molecule has 0 aromatic rings. The maximum atomic E-state index is 9.58. The van der Waals surface area contributed by atoms with Gasteiger partial charge in [0.15, 0.2) is 6.10 Å². The SMILES string of the molecule is CC(C)(C)C12CC3C[C@H](C1)C1(O[C@H](C#N)[C@H]1C#N)[C@@H](C3)C2. The highest BCUT2D eigenvalue weighted by atomic mass is 16.5. The fourth-order valence-corrected chi connectivity index (χ4v) is 6.41. The van der Waals surface area contributed by atoms with Crippen molar-refractivity contribution < 1.29 is 4.74 Å². The quantitative estimate of drug-likeness (QED) is 0.682. The summed E-state index contributed by atoms with van der Waals surface area (Å²) in [5, 5.41) is 18.8. The molecule has 3 nitrogen and oxygen atoms in total. The second-order valence-corrected chi connectivity index (χ2v) is 9.00. The van der Waals surface area contributed by atoms with E-state index < -0.39 is 6.10 Å². The van der Waals surface area contributed by atoms with Gasteiger partial charge in [0.05, 0.1) is 17.7 Å². The van der Waals surface area contributed by atoms with E-state index in [4.69, 9.17) is 4.74 Å². The lowest BCUT2D eigenvalue weighted by atomic mass is 9.37. The molecule has 4 aliphatic carbocycles. The molecule has 0 aromatic carbocycles. The van der Waals surface area contributed by atoms with Gasteiger partial charge in [-0.15, -0.1) is 0 Å². The zero-order valence-corrected chi connectivity index (χ0v) is 13.2. The first-order valence-electron chi connectivity index (χ1n) is 8.33. The summed E-state index contributed by atoms with van der Waals surface area (Å²) in [7, 11) is 0. The molecule has 0 radical (unpaired) electrons. The molecule has 1 saturated heterocycles. The van der Waals surface area contributed by atoms with Crippen LogP contribution in [0.4, 0.5) is 0 Å². The molecule has 0 aromatic heterocycles. The summed E-state index contributed by atoms with van der Waals surface area (Å²) in [4.78, 5) is 0. The highest BCUT2D eigenvalue weighted by molar-refractivity contribution is 5.27. The van der Waals surface area contributed by atoms with Crippen molar-refractivity contribution >= 4 is 0 Å². The summed E-state index contributed by atoms with van der Waals surface area (Å²) in [6.07, 6.45) is 5.69. The standard InChI is InChI=1S/C18H24N2O/c1-16(2,3)17-6-11-4-12(7-17)18(13(5-11)8-17)14(9-19)15(10-20)21-18/h11-15H,4-8H2,1-3H3/t11?,12-,13+,14-,15-,17?,18?/m1/s1. The largest absolute Gasteiger partial charge is 0.353 e. The minimum absolute atomic E-state index is 0.200. The average molecular weight is 284 g/mol. The van der Waals surface area contributed by atoms with Crippen LogP contribution in [0.2, 0.25) is 0 Å². The molecule has 5 aliphatic rings. The van der Waals surface area contributed by atoms with Gasteiger partial charge in [0.2, 0.25) is 0 Å². The number of hydrogen-bond acceptors (Lipinski definition) is 3. The lowest BCUT2D eigenvalue weighted by molar-refractivity contribution is -0.335. The fraction of sp³-hybridized carbons (Fsp3) is 0.889. The second-order valence-electron chi connectivity index (χ2n) is 9.00. The van der Waals surface area contributed by atoms with Crippen molar-refractivity contribution in [3.8, 4) is 12.1 Å². The Morgan fingerprint density at radius 2 is 1.62 bits per heavy atom. The van der Waals surface area contributed by atoms with Crippen molar-refractivity contribution in [2.75, 3.05) is 0 Å². The van der Waals surface area contributed by atoms with Gasteiger partial charge in [-0.1, -0.05) is 20.8 Å². The van der Waals surface area contributed by atoms with Gasteiger partial charge in [-0.25, -0.2) is 0 Å². The van der Waals surface area contributed by atoms with Crippen LogP contribution in [0.3, 0.4) is 0 Å². The molecular weight excluding hydrogens is 260 g/mol. The van der Waals surface area contributed by atoms with E-state index in [1.165, 1.54) is 32.1 Å². The molecule has 5 fully saturated rings. The van der Waals surface area contributed by atoms with E-state index in [1.807, 2.05) is 0 Å². The Balaban J connectivity index is 1.72. The van der Waals surface area contributed by atoms with Crippen LogP contribution in [0.25, 0.3) is 0 Å². The summed E-state index contributed by atoms with van der Waals surface area (Å²) in [5.74, 6) is 1.61. The first-order chi connectivity index (χ1) is 9.86. The van der Waals surface area contributed by atoms with Crippen molar-refractivity contribution in [1.82, 2.24) is 0 Å². The van der Waals surface area contributed by atoms with Gasteiger partial charge in [-0.3, -0.25) is 0 Å². The van der Waals surface area contributed by atoms with E-state index in [9.17, 15) is 10.5 Å². The molecule has 1 aliphatic heterocycles. The van der Waals surface area contributed by atoms with Crippen LogP contribution in [0, 0.1) is 57.2 Å². The van der Waals surface area contributed by atoms with Crippen LogP contribution in [-0.4, -0.2) is 11.7 Å². The van der Waals surface area contributed by atoms with Crippen LogP contribution in [0.1, 0.15) is 52.9 Å². The van der Waals surface area contributed by atoms with Gasteiger partial charge in [0.25, 0.3) is 0 Å². The Labute approximate surface area is 127 Å². The van der Waals surface area contributed by atoms with Crippen molar-refractivity contribution in [2.45, 2.75) is 64.6 Å². The maximum Gasteiger partial charge on any atom is 0.163 e. The summed E-state index contributed by atoms with van der Waals surface area (Å²) < 4.78 is 6.13. The van der Waals surface area contributed by atoms with E-state index in [2.05, 4.69) is 32.9 Å². The van der Waals surface area contributed by atoms with Gasteiger partial charge in [-0.2, -0.15) is 10.5 Å². The van der Waals surface area contributed by atoms with Gasteiger partial charge < -0.3 is 4.74 Å². The molecule has 4 saturated carbocycles. The lowest BCUT2D eigenvalue weighted by Gasteiger charge is -2.72. The van der Waals surface area contributed by atoms with Crippen LogP contribution in [0.5, 0.6) is 0 Å². The van der Waals surface area contributed by atoms with Gasteiger partial charge in [0, 0.05) is 0 Å². The number of ether oxygens (including phenoxy) is 1. The number of hydrogen-bond donors (Lipinski definition) is 0. The minimum atomic E-state index is -0.488. The molecular formula is C18H24N2O. The van der Waals surface area contributed by atoms with E-state index in [-0.39, 0.29) is 11.5 Å². The molecule has 3 unspecified atom stereocenters. The van der Waals surface area contributed by atoms with Crippen LogP contribution in [0.15, 0.2) is 0 Å². The number of nitrogens with zero attached hydrogens (tertiary/aromatic N) is 2. The Bertz CT molecular complexity index is 545. The second kappa shape index (κ2) is 3.82. The highest BCUT2D eigenvalue weighted by Crippen LogP contribution is 2.72. The Morgan fingerprint density at radius 3 is 2.10 bits per heavy atom. The topological polar surface area (TPSA) is 56.8 Å². The molecule has 4 bridgehead atoms. The smallest absolute Gasteiger partial charge is 0.163 e. The molecule has 3 heteroatoms. The van der Waals surface area contributed by atoms with E-state index in [0.29, 0.717) is 22.7 Å². The Kier molecular flexibility index (Phi) is 2.47. The molecule has 1 spiro atoms. The summed E-state index contributed by atoms with van der Waals surface area (Å²) in [5.41, 5.74) is 0.474. The maximum absolute atomic E-state index is 9.58. The minimum Gasteiger partial charge on any atom is -0.353 e. The Hall–Kier alpha value is -1.06. The van der Waals surface area contributed by atoms with Crippen LogP contribution < -0.4 is 0 Å². The van der Waals surface area contributed by atoms with E-state index in [1.54, 1.807) is 0 Å². The first kappa shape index (κ1) is 13.6. The molecule has 0 amide bonds. The van der Waals surface area contributed by atoms with Crippen molar-refractivity contribution in [3.63, 3.8) is 0 Å². The summed E-state index contributed by atoms with van der Waals surface area (Å²) in [6, 6.07) is 4.61. The molecule has 7 atom stereocenters. The predicted octanol–water partition coefficient (Wildman–Crippen LogP) is 3.66. The van der Waals surface area contributed by atoms with Crippen molar-refractivity contribution in [2.24, 2.45) is 34.5 Å². The van der Waals surface area contributed by atoms with Crippen molar-refractivity contribution in [3.05, 3.63) is 0 Å². The van der Waals surface area contributed by atoms with Gasteiger partial charge in [0.1, 0.15) is 5.92 Å². The molecule has 112 valence electrons. The monoisotopic (exact) mass is 284 g/mol. The third kappa shape index (κ3) is 1.42. The highest BCUT2D eigenvalue weighted by Gasteiger charge is 2.73. The molecule has 0 N–H and O–H groups in total. The average Bonchev–Trinajstić information content (AvgIpc) is 2.36. The van der Waals surface area contributed by atoms with Crippen molar-refractivity contribution in [1.29, 1.82) is 10.5 Å². The van der Waals surface area contributed by atoms with Gasteiger partial charge in [-0.05, 0) is 60.7 Å². The van der Waals surface area contributed by atoms with Crippen LogP contribution >= 0.6 is 0 Å².